The lowest BCUT2D eigenvalue weighted by Gasteiger charge is -2.37. The maximum absolute atomic E-state index is 13.4. The van der Waals surface area contributed by atoms with E-state index in [9.17, 15) is 4.79 Å². The number of benzene rings is 4. The average molecular weight is 829 g/mol. The van der Waals surface area contributed by atoms with Gasteiger partial charge in [0.15, 0.2) is 0 Å². The number of rotatable bonds is 13. The molecule has 1 aliphatic heterocycles. The van der Waals surface area contributed by atoms with Gasteiger partial charge in [0.25, 0.3) is 0 Å². The number of piperazine rings is 1. The smallest absolute Gasteiger partial charge is 0.226 e. The van der Waals surface area contributed by atoms with Crippen LogP contribution in [0.15, 0.2) is 114 Å². The first-order chi connectivity index (χ1) is 27.9. The third-order valence-electron chi connectivity index (χ3n) is 11.4. The van der Waals surface area contributed by atoms with Crippen LogP contribution in [0.4, 0.5) is 5.69 Å². The largest absolute Gasteiger partial charge is 0.490 e. The van der Waals surface area contributed by atoms with Crippen LogP contribution in [0.25, 0.3) is 22.2 Å². The molecule has 1 saturated carbocycles. The van der Waals surface area contributed by atoms with Gasteiger partial charge in [-0.25, -0.2) is 0 Å². The van der Waals surface area contributed by atoms with E-state index >= 15 is 0 Å². The van der Waals surface area contributed by atoms with Crippen molar-refractivity contribution in [2.75, 3.05) is 31.1 Å². The molecule has 2 aliphatic rings. The highest BCUT2D eigenvalue weighted by atomic mass is 79.9. The minimum atomic E-state index is 0.245. The van der Waals surface area contributed by atoms with Crippen molar-refractivity contribution >= 4 is 38.4 Å². The Morgan fingerprint density at radius 3 is 2.18 bits per heavy atom. The fourth-order valence-electron chi connectivity index (χ4n) is 8.14. The van der Waals surface area contributed by atoms with Crippen molar-refractivity contribution < 1.29 is 19.0 Å². The molecule has 0 atom stereocenters. The van der Waals surface area contributed by atoms with Crippen LogP contribution >= 0.6 is 15.9 Å². The quantitative estimate of drug-likeness (QED) is 0.115. The van der Waals surface area contributed by atoms with Gasteiger partial charge in [-0.3, -0.25) is 9.48 Å². The van der Waals surface area contributed by atoms with Crippen LogP contribution in [-0.2, 0) is 25.1 Å². The van der Waals surface area contributed by atoms with Crippen molar-refractivity contribution in [2.45, 2.75) is 64.8 Å². The minimum absolute atomic E-state index is 0.245. The first-order valence-electron chi connectivity index (χ1n) is 20.1. The van der Waals surface area contributed by atoms with Gasteiger partial charge in [-0.15, -0.1) is 0 Å². The van der Waals surface area contributed by atoms with E-state index in [1.54, 1.807) is 0 Å². The number of para-hydroxylation sites is 1. The van der Waals surface area contributed by atoms with Crippen LogP contribution in [0.1, 0.15) is 55.2 Å². The minimum Gasteiger partial charge on any atom is -0.490 e. The summed E-state index contributed by atoms with van der Waals surface area (Å²) < 4.78 is 21.9. The van der Waals surface area contributed by atoms with Gasteiger partial charge in [-0.05, 0) is 80.3 Å². The molecule has 2 fully saturated rings. The van der Waals surface area contributed by atoms with Gasteiger partial charge in [-0.1, -0.05) is 94.8 Å². The number of fused-ring (bicyclic) bond motifs is 1. The van der Waals surface area contributed by atoms with Gasteiger partial charge < -0.3 is 24.0 Å². The monoisotopic (exact) mass is 827 g/mol. The van der Waals surface area contributed by atoms with Crippen molar-refractivity contribution in [1.29, 1.82) is 0 Å². The van der Waals surface area contributed by atoms with Gasteiger partial charge >= 0.3 is 0 Å². The molecule has 10 heteroatoms. The molecule has 9 nitrogen and oxygen atoms in total. The normalized spacial score (nSPS) is 17.1. The summed E-state index contributed by atoms with van der Waals surface area (Å²) in [6.07, 6.45) is 6.10. The van der Waals surface area contributed by atoms with E-state index in [1.165, 1.54) is 0 Å². The Kier molecular flexibility index (Phi) is 12.1. The standard InChI is InChI=1S/C47H50BrN5O4/c1-33-40(48)16-10-18-42(33)57-37-22-19-34(20-23-37)21-26-44(54)53-29-27-52(28-30-53)41-17-9-15-38-45(50-51(2)46(38)41)39-24-25-43(55-31-35-11-5-3-6-12-35)49-47(39)56-32-36-13-7-4-8-14-36/h3-18,24-25,34,37H,19-23,26-32H2,1-2H3. The number of carbonyl (C=O) groups excluding carboxylic acids is 1. The molecule has 0 radical (unpaired) electrons. The van der Waals surface area contributed by atoms with Crippen LogP contribution in [0.2, 0.25) is 0 Å². The van der Waals surface area contributed by atoms with Crippen LogP contribution in [-0.4, -0.2) is 57.9 Å². The Balaban J connectivity index is 0.907. The molecular weight excluding hydrogens is 778 g/mol. The molecule has 1 amide bonds. The second-order valence-corrected chi connectivity index (χ2v) is 16.1. The highest BCUT2D eigenvalue weighted by molar-refractivity contribution is 9.10. The molecule has 1 aliphatic carbocycles. The van der Waals surface area contributed by atoms with E-state index in [2.05, 4.69) is 63.0 Å². The first-order valence-corrected chi connectivity index (χ1v) is 20.9. The zero-order chi connectivity index (χ0) is 39.1. The van der Waals surface area contributed by atoms with Crippen molar-refractivity contribution in [1.82, 2.24) is 19.7 Å². The molecule has 2 aromatic heterocycles. The SMILES string of the molecule is Cc1c(Br)cccc1OC1CCC(CCC(=O)N2CCN(c3cccc4c(-c5ccc(OCc6ccccc6)nc5OCc5ccccc5)nn(C)c34)CC2)CC1. The predicted octanol–water partition coefficient (Wildman–Crippen LogP) is 9.93. The molecule has 3 heterocycles. The molecule has 294 valence electrons. The third-order valence-corrected chi connectivity index (χ3v) is 12.3. The Hall–Kier alpha value is -5.35. The number of hydrogen-bond acceptors (Lipinski definition) is 7. The molecule has 0 unspecified atom stereocenters. The lowest BCUT2D eigenvalue weighted by Crippen LogP contribution is -2.49. The Labute approximate surface area is 343 Å². The molecule has 0 bridgehead atoms. The van der Waals surface area contributed by atoms with Crippen molar-refractivity contribution in [3.8, 4) is 28.8 Å². The Bertz CT molecular complexity index is 2280. The zero-order valence-electron chi connectivity index (χ0n) is 32.8. The van der Waals surface area contributed by atoms with Crippen molar-refractivity contribution in [3.05, 3.63) is 130 Å². The summed E-state index contributed by atoms with van der Waals surface area (Å²) in [7, 11) is 1.99. The number of aromatic nitrogens is 3. The number of pyridine rings is 1. The third kappa shape index (κ3) is 9.12. The van der Waals surface area contributed by atoms with E-state index in [4.69, 9.17) is 24.3 Å². The summed E-state index contributed by atoms with van der Waals surface area (Å²) in [5.41, 5.74) is 7.02. The fourth-order valence-corrected chi connectivity index (χ4v) is 8.49. The highest BCUT2D eigenvalue weighted by Gasteiger charge is 2.28. The number of nitrogens with zero attached hydrogens (tertiary/aromatic N) is 5. The second-order valence-electron chi connectivity index (χ2n) is 15.2. The van der Waals surface area contributed by atoms with E-state index in [0.29, 0.717) is 50.4 Å². The summed E-state index contributed by atoms with van der Waals surface area (Å²) in [5, 5.41) is 6.07. The lowest BCUT2D eigenvalue weighted by atomic mass is 9.84. The van der Waals surface area contributed by atoms with Crippen molar-refractivity contribution in [3.63, 3.8) is 0 Å². The topological polar surface area (TPSA) is 82.0 Å². The number of hydrogen-bond donors (Lipinski definition) is 0. The summed E-state index contributed by atoms with van der Waals surface area (Å²) in [6.45, 7) is 5.81. The van der Waals surface area contributed by atoms with Crippen LogP contribution in [0.3, 0.4) is 0 Å². The fraction of sp³-hybridized carbons (Fsp3) is 0.340. The van der Waals surface area contributed by atoms with E-state index in [-0.39, 0.29) is 12.0 Å². The molecule has 0 N–H and O–H groups in total. The summed E-state index contributed by atoms with van der Waals surface area (Å²) in [4.78, 5) is 22.7. The molecule has 1 saturated heterocycles. The first kappa shape index (κ1) is 38.5. The number of ether oxygens (including phenoxy) is 3. The average Bonchev–Trinajstić information content (AvgIpc) is 3.60. The predicted molar refractivity (Wildman–Crippen MR) is 229 cm³/mol. The maximum Gasteiger partial charge on any atom is 0.226 e. The number of halogens is 1. The molecule has 8 rings (SSSR count). The van der Waals surface area contributed by atoms with E-state index < -0.39 is 0 Å². The van der Waals surface area contributed by atoms with Gasteiger partial charge in [0.05, 0.1) is 22.9 Å². The Morgan fingerprint density at radius 1 is 0.772 bits per heavy atom. The van der Waals surface area contributed by atoms with Gasteiger partial charge in [0.1, 0.15) is 24.7 Å². The summed E-state index contributed by atoms with van der Waals surface area (Å²) in [6, 6.07) is 36.5. The maximum atomic E-state index is 13.4. The van der Waals surface area contributed by atoms with Crippen LogP contribution in [0, 0.1) is 12.8 Å². The molecule has 6 aromatic rings. The second kappa shape index (κ2) is 17.8. The Morgan fingerprint density at radius 2 is 1.46 bits per heavy atom. The summed E-state index contributed by atoms with van der Waals surface area (Å²) >= 11 is 3.62. The van der Waals surface area contributed by atoms with Crippen LogP contribution < -0.4 is 19.1 Å². The molecular formula is C47H50BrN5O4. The van der Waals surface area contributed by atoms with E-state index in [0.717, 1.165) is 100.0 Å². The van der Waals surface area contributed by atoms with E-state index in [1.807, 2.05) is 90.6 Å². The lowest BCUT2D eigenvalue weighted by molar-refractivity contribution is -0.131. The number of anilines is 1. The highest BCUT2D eigenvalue weighted by Crippen LogP contribution is 2.39. The molecule has 0 spiro atoms. The van der Waals surface area contributed by atoms with Gasteiger partial charge in [0.2, 0.25) is 17.7 Å². The molecule has 57 heavy (non-hydrogen) atoms. The molecule has 4 aromatic carbocycles. The van der Waals surface area contributed by atoms with Crippen LogP contribution in [0.5, 0.6) is 17.5 Å². The number of amides is 1. The number of aryl methyl sites for hydroxylation is 1. The van der Waals surface area contributed by atoms with Gasteiger partial charge in [-0.2, -0.15) is 10.1 Å². The van der Waals surface area contributed by atoms with Crippen molar-refractivity contribution in [2.24, 2.45) is 13.0 Å². The summed E-state index contributed by atoms with van der Waals surface area (Å²) in [5.74, 6) is 2.77. The number of carbonyl (C=O) groups is 1. The van der Waals surface area contributed by atoms with Gasteiger partial charge in [0, 0.05) is 61.1 Å². The zero-order valence-corrected chi connectivity index (χ0v) is 34.4.